The maximum atomic E-state index is 12.1. The average Bonchev–Trinajstić information content (AvgIpc) is 2.83. The maximum Gasteiger partial charge on any atom is 0.242 e. The standard InChI is InChI=1S/C11H15ClN2O3S/c12-8-3-4-10(13)11(6-8)18(15,16)14-7-9-2-1-5-17-9/h3-4,6,9,14H,1-2,5,7,13H2. The van der Waals surface area contributed by atoms with Crippen molar-refractivity contribution in [2.75, 3.05) is 18.9 Å². The van der Waals surface area contributed by atoms with Crippen LogP contribution in [0.1, 0.15) is 12.8 Å². The molecule has 100 valence electrons. The molecule has 1 saturated heterocycles. The number of sulfonamides is 1. The number of halogens is 1. The molecular formula is C11H15ClN2O3S. The first-order valence-corrected chi connectivity index (χ1v) is 7.51. The van der Waals surface area contributed by atoms with Crippen molar-refractivity contribution in [3.63, 3.8) is 0 Å². The number of benzene rings is 1. The molecule has 1 aliphatic rings. The van der Waals surface area contributed by atoms with Gasteiger partial charge >= 0.3 is 0 Å². The molecule has 1 aromatic rings. The van der Waals surface area contributed by atoms with Gasteiger partial charge in [0.25, 0.3) is 0 Å². The second-order valence-electron chi connectivity index (χ2n) is 4.17. The Bertz CT molecular complexity index is 527. The smallest absolute Gasteiger partial charge is 0.242 e. The van der Waals surface area contributed by atoms with Crippen molar-refractivity contribution >= 4 is 27.3 Å². The summed E-state index contributed by atoms with van der Waals surface area (Å²) in [6, 6.07) is 4.37. The Morgan fingerprint density at radius 1 is 1.50 bits per heavy atom. The minimum absolute atomic E-state index is 0.00740. The molecule has 0 radical (unpaired) electrons. The van der Waals surface area contributed by atoms with E-state index in [0.29, 0.717) is 11.6 Å². The van der Waals surface area contributed by atoms with Crippen molar-refractivity contribution in [2.24, 2.45) is 0 Å². The Hall–Kier alpha value is -0.820. The second-order valence-corrected chi connectivity index (χ2v) is 6.34. The monoisotopic (exact) mass is 290 g/mol. The summed E-state index contributed by atoms with van der Waals surface area (Å²) in [4.78, 5) is 0.00740. The summed E-state index contributed by atoms with van der Waals surface area (Å²) in [5.74, 6) is 0. The number of nitrogens with one attached hydrogen (secondary N) is 1. The molecule has 1 aromatic carbocycles. The molecule has 2 rings (SSSR count). The van der Waals surface area contributed by atoms with Crippen molar-refractivity contribution in [3.05, 3.63) is 23.2 Å². The van der Waals surface area contributed by atoms with Crippen LogP contribution in [0.2, 0.25) is 5.02 Å². The summed E-state index contributed by atoms with van der Waals surface area (Å²) < 4.78 is 32.0. The van der Waals surface area contributed by atoms with E-state index < -0.39 is 10.0 Å². The van der Waals surface area contributed by atoms with Crippen LogP contribution in [0.3, 0.4) is 0 Å². The third kappa shape index (κ3) is 3.14. The van der Waals surface area contributed by atoms with Crippen LogP contribution in [0.25, 0.3) is 0 Å². The molecule has 1 aliphatic heterocycles. The van der Waals surface area contributed by atoms with E-state index in [1.54, 1.807) is 6.07 Å². The Morgan fingerprint density at radius 3 is 2.94 bits per heavy atom. The Labute approximate surface area is 111 Å². The molecule has 7 heteroatoms. The zero-order valence-corrected chi connectivity index (χ0v) is 11.3. The van der Waals surface area contributed by atoms with Gasteiger partial charge in [0.1, 0.15) is 4.90 Å². The SMILES string of the molecule is Nc1ccc(Cl)cc1S(=O)(=O)NCC1CCCO1. The van der Waals surface area contributed by atoms with Gasteiger partial charge in [-0.3, -0.25) is 0 Å². The van der Waals surface area contributed by atoms with E-state index in [9.17, 15) is 8.42 Å². The molecule has 1 unspecified atom stereocenters. The van der Waals surface area contributed by atoms with Crippen molar-refractivity contribution in [3.8, 4) is 0 Å². The predicted octanol–water partition coefficient (Wildman–Crippen LogP) is 1.38. The molecule has 0 aromatic heterocycles. The highest BCUT2D eigenvalue weighted by atomic mass is 35.5. The number of hydrogen-bond acceptors (Lipinski definition) is 4. The third-order valence-electron chi connectivity index (χ3n) is 2.79. The van der Waals surface area contributed by atoms with Gasteiger partial charge in [0, 0.05) is 18.2 Å². The summed E-state index contributed by atoms with van der Waals surface area (Å²) >= 11 is 5.78. The van der Waals surface area contributed by atoms with Crippen LogP contribution in [0, 0.1) is 0 Å². The quantitative estimate of drug-likeness (QED) is 0.821. The van der Waals surface area contributed by atoms with Crippen LogP contribution >= 0.6 is 11.6 Å². The van der Waals surface area contributed by atoms with E-state index in [1.165, 1.54) is 12.1 Å². The van der Waals surface area contributed by atoms with Crippen molar-refractivity contribution in [1.29, 1.82) is 0 Å². The Morgan fingerprint density at radius 2 is 2.28 bits per heavy atom. The first-order valence-electron chi connectivity index (χ1n) is 5.65. The summed E-state index contributed by atoms with van der Waals surface area (Å²) in [6.45, 7) is 0.944. The lowest BCUT2D eigenvalue weighted by Crippen LogP contribution is -2.32. The van der Waals surface area contributed by atoms with Gasteiger partial charge < -0.3 is 10.5 Å². The topological polar surface area (TPSA) is 81.4 Å². The average molecular weight is 291 g/mol. The number of nitrogens with two attached hydrogens (primary N) is 1. The molecule has 0 spiro atoms. The van der Waals surface area contributed by atoms with Gasteiger partial charge in [-0.25, -0.2) is 13.1 Å². The first-order chi connectivity index (χ1) is 8.49. The number of nitrogen functional groups attached to an aromatic ring is 1. The number of hydrogen-bond donors (Lipinski definition) is 2. The minimum Gasteiger partial charge on any atom is -0.398 e. The maximum absolute atomic E-state index is 12.1. The molecule has 18 heavy (non-hydrogen) atoms. The molecule has 1 fully saturated rings. The normalized spacial score (nSPS) is 20.2. The zero-order valence-electron chi connectivity index (χ0n) is 9.73. The molecule has 0 aliphatic carbocycles. The zero-order chi connectivity index (χ0) is 13.2. The fourth-order valence-corrected chi connectivity index (χ4v) is 3.28. The summed E-state index contributed by atoms with van der Waals surface area (Å²) in [5, 5.41) is 0.335. The van der Waals surface area contributed by atoms with Gasteiger partial charge in [0.05, 0.1) is 11.8 Å². The van der Waals surface area contributed by atoms with Gasteiger partial charge in [0.15, 0.2) is 0 Å². The van der Waals surface area contributed by atoms with Crippen LogP contribution < -0.4 is 10.5 Å². The lowest BCUT2D eigenvalue weighted by Gasteiger charge is -2.12. The highest BCUT2D eigenvalue weighted by molar-refractivity contribution is 7.89. The largest absolute Gasteiger partial charge is 0.398 e. The number of rotatable bonds is 4. The van der Waals surface area contributed by atoms with E-state index in [-0.39, 0.29) is 23.2 Å². The molecule has 3 N–H and O–H groups in total. The lowest BCUT2D eigenvalue weighted by atomic mass is 10.2. The van der Waals surface area contributed by atoms with E-state index in [0.717, 1.165) is 12.8 Å². The van der Waals surface area contributed by atoms with Crippen LogP contribution in [0.4, 0.5) is 5.69 Å². The van der Waals surface area contributed by atoms with Crippen LogP contribution in [0.15, 0.2) is 23.1 Å². The Kier molecular flexibility index (Phi) is 4.11. The third-order valence-corrected chi connectivity index (χ3v) is 4.50. The van der Waals surface area contributed by atoms with E-state index in [1.807, 2.05) is 0 Å². The molecule has 1 atom stereocenters. The molecule has 0 saturated carbocycles. The van der Waals surface area contributed by atoms with Crippen LogP contribution in [-0.4, -0.2) is 27.7 Å². The first kappa shape index (κ1) is 13.6. The van der Waals surface area contributed by atoms with Gasteiger partial charge in [-0.2, -0.15) is 0 Å². The summed E-state index contributed by atoms with van der Waals surface area (Å²) in [7, 11) is -3.64. The minimum atomic E-state index is -3.64. The highest BCUT2D eigenvalue weighted by Gasteiger charge is 2.22. The summed E-state index contributed by atoms with van der Waals surface area (Å²) in [5.41, 5.74) is 5.83. The summed E-state index contributed by atoms with van der Waals surface area (Å²) in [6.07, 6.45) is 1.78. The van der Waals surface area contributed by atoms with Gasteiger partial charge in [-0.1, -0.05) is 11.6 Å². The number of ether oxygens (including phenoxy) is 1. The fourth-order valence-electron chi connectivity index (χ4n) is 1.83. The van der Waals surface area contributed by atoms with Crippen LogP contribution in [-0.2, 0) is 14.8 Å². The molecular weight excluding hydrogens is 276 g/mol. The second kappa shape index (κ2) is 5.44. The highest BCUT2D eigenvalue weighted by Crippen LogP contribution is 2.22. The van der Waals surface area contributed by atoms with Crippen molar-refractivity contribution in [2.45, 2.75) is 23.8 Å². The molecule has 0 bridgehead atoms. The Balaban J connectivity index is 2.12. The molecule has 5 nitrogen and oxygen atoms in total. The van der Waals surface area contributed by atoms with Gasteiger partial charge in [-0.15, -0.1) is 0 Å². The molecule has 1 heterocycles. The van der Waals surface area contributed by atoms with Crippen molar-refractivity contribution in [1.82, 2.24) is 4.72 Å². The fraction of sp³-hybridized carbons (Fsp3) is 0.455. The van der Waals surface area contributed by atoms with E-state index in [4.69, 9.17) is 22.1 Å². The van der Waals surface area contributed by atoms with Crippen molar-refractivity contribution < 1.29 is 13.2 Å². The van der Waals surface area contributed by atoms with Crippen LogP contribution in [0.5, 0.6) is 0 Å². The van der Waals surface area contributed by atoms with E-state index >= 15 is 0 Å². The lowest BCUT2D eigenvalue weighted by molar-refractivity contribution is 0.114. The molecule has 0 amide bonds. The van der Waals surface area contributed by atoms with E-state index in [2.05, 4.69) is 4.72 Å². The number of anilines is 1. The predicted molar refractivity (Wildman–Crippen MR) is 70.0 cm³/mol. The van der Waals surface area contributed by atoms with Gasteiger partial charge in [0.2, 0.25) is 10.0 Å². The van der Waals surface area contributed by atoms with Gasteiger partial charge in [-0.05, 0) is 31.0 Å².